The number of nitrogens with one attached hydrogen (secondary N) is 1. The molecule has 1 rings (SSSR count). The minimum atomic E-state index is 0.0611. The Morgan fingerprint density at radius 1 is 1.35 bits per heavy atom. The van der Waals surface area contributed by atoms with Crippen LogP contribution in [-0.4, -0.2) is 10.9 Å². The highest BCUT2D eigenvalue weighted by atomic mass is 16.1. The smallest absolute Gasteiger partial charge is 0.228 e. The summed E-state index contributed by atoms with van der Waals surface area (Å²) in [5.74, 6) is 0.719. The van der Waals surface area contributed by atoms with Gasteiger partial charge < -0.3 is 11.1 Å². The zero-order chi connectivity index (χ0) is 12.7. The van der Waals surface area contributed by atoms with Gasteiger partial charge in [0.15, 0.2) is 0 Å². The van der Waals surface area contributed by atoms with E-state index in [0.29, 0.717) is 11.5 Å². The molecule has 0 bridgehead atoms. The predicted molar refractivity (Wildman–Crippen MR) is 70.6 cm³/mol. The van der Waals surface area contributed by atoms with Gasteiger partial charge in [-0.05, 0) is 25.0 Å². The Morgan fingerprint density at radius 3 is 2.47 bits per heavy atom. The fraction of sp³-hybridized carbons (Fsp3) is 0.538. The van der Waals surface area contributed by atoms with Crippen molar-refractivity contribution in [2.24, 2.45) is 5.92 Å². The molecule has 0 aromatic carbocycles. The fourth-order valence-electron chi connectivity index (χ4n) is 1.81. The van der Waals surface area contributed by atoms with E-state index < -0.39 is 0 Å². The Kier molecular flexibility index (Phi) is 5.46. The van der Waals surface area contributed by atoms with E-state index in [-0.39, 0.29) is 11.8 Å². The normalized spacial score (nSPS) is 10.5. The number of rotatable bonds is 6. The molecule has 0 aliphatic heterocycles. The van der Waals surface area contributed by atoms with Crippen molar-refractivity contribution in [2.75, 3.05) is 11.1 Å². The number of pyridine rings is 1. The number of nitrogen functional groups attached to an aromatic ring is 1. The van der Waals surface area contributed by atoms with E-state index in [1.807, 2.05) is 0 Å². The van der Waals surface area contributed by atoms with Gasteiger partial charge >= 0.3 is 0 Å². The lowest BCUT2D eigenvalue weighted by Crippen LogP contribution is -2.23. The van der Waals surface area contributed by atoms with E-state index in [0.717, 1.165) is 25.7 Å². The maximum Gasteiger partial charge on any atom is 0.228 e. The first-order valence-corrected chi connectivity index (χ1v) is 6.19. The summed E-state index contributed by atoms with van der Waals surface area (Å²) in [6.45, 7) is 4.19. The van der Waals surface area contributed by atoms with Crippen molar-refractivity contribution in [1.82, 2.24) is 4.98 Å². The molecule has 3 N–H and O–H groups in total. The van der Waals surface area contributed by atoms with Gasteiger partial charge in [0.2, 0.25) is 5.91 Å². The summed E-state index contributed by atoms with van der Waals surface area (Å²) in [6.07, 6.45) is 5.44. The van der Waals surface area contributed by atoms with Crippen LogP contribution in [0.4, 0.5) is 11.5 Å². The lowest BCUT2D eigenvalue weighted by Gasteiger charge is -2.14. The van der Waals surface area contributed by atoms with Gasteiger partial charge in [-0.15, -0.1) is 0 Å². The third kappa shape index (κ3) is 4.43. The number of nitrogens with two attached hydrogens (primary N) is 1. The summed E-state index contributed by atoms with van der Waals surface area (Å²) in [5, 5.41) is 2.83. The van der Waals surface area contributed by atoms with Crippen LogP contribution in [0.15, 0.2) is 18.3 Å². The monoisotopic (exact) mass is 235 g/mol. The van der Waals surface area contributed by atoms with E-state index in [9.17, 15) is 4.79 Å². The quantitative estimate of drug-likeness (QED) is 0.796. The zero-order valence-electron chi connectivity index (χ0n) is 10.6. The molecular weight excluding hydrogens is 214 g/mol. The molecule has 0 unspecified atom stereocenters. The Labute approximate surface area is 103 Å². The number of hydrogen-bond donors (Lipinski definition) is 2. The summed E-state index contributed by atoms with van der Waals surface area (Å²) >= 11 is 0. The molecule has 0 aliphatic carbocycles. The van der Waals surface area contributed by atoms with Crippen LogP contribution < -0.4 is 11.1 Å². The van der Waals surface area contributed by atoms with E-state index in [1.54, 1.807) is 18.3 Å². The lowest BCUT2D eigenvalue weighted by molar-refractivity contribution is -0.120. The topological polar surface area (TPSA) is 68.0 Å². The SMILES string of the molecule is CCCC(CCC)C(=O)Nc1ccc(N)cn1. The van der Waals surface area contributed by atoms with Gasteiger partial charge in [-0.1, -0.05) is 26.7 Å². The van der Waals surface area contributed by atoms with Crippen LogP contribution in [0.3, 0.4) is 0 Å². The molecule has 1 aromatic heterocycles. The van der Waals surface area contributed by atoms with Crippen LogP contribution >= 0.6 is 0 Å². The van der Waals surface area contributed by atoms with Gasteiger partial charge in [0, 0.05) is 5.92 Å². The Morgan fingerprint density at radius 2 is 2.00 bits per heavy atom. The van der Waals surface area contributed by atoms with Crippen LogP contribution in [0, 0.1) is 5.92 Å². The first-order valence-electron chi connectivity index (χ1n) is 6.19. The Bertz CT molecular complexity index is 342. The average Bonchev–Trinajstić information content (AvgIpc) is 2.32. The molecule has 0 atom stereocenters. The number of carbonyl (C=O) groups is 1. The molecule has 0 saturated carbocycles. The van der Waals surface area contributed by atoms with Gasteiger partial charge in [-0.2, -0.15) is 0 Å². The van der Waals surface area contributed by atoms with Gasteiger partial charge in [0.05, 0.1) is 11.9 Å². The summed E-state index contributed by atoms with van der Waals surface area (Å²) in [4.78, 5) is 16.1. The number of nitrogens with zero attached hydrogens (tertiary/aromatic N) is 1. The molecular formula is C13H21N3O. The van der Waals surface area contributed by atoms with Gasteiger partial charge in [0.25, 0.3) is 0 Å². The van der Waals surface area contributed by atoms with Crippen molar-refractivity contribution < 1.29 is 4.79 Å². The molecule has 0 fully saturated rings. The van der Waals surface area contributed by atoms with Crippen molar-refractivity contribution in [3.8, 4) is 0 Å². The first kappa shape index (κ1) is 13.5. The highest BCUT2D eigenvalue weighted by Gasteiger charge is 2.16. The molecule has 1 amide bonds. The number of anilines is 2. The summed E-state index contributed by atoms with van der Waals surface area (Å²) in [5.41, 5.74) is 6.14. The minimum Gasteiger partial charge on any atom is -0.397 e. The molecule has 4 heteroatoms. The molecule has 0 saturated heterocycles. The van der Waals surface area contributed by atoms with Crippen LogP contribution in [0.2, 0.25) is 0 Å². The molecule has 0 spiro atoms. The third-order valence-corrected chi connectivity index (χ3v) is 2.68. The predicted octanol–water partition coefficient (Wildman–Crippen LogP) is 2.82. The molecule has 0 aliphatic rings. The molecule has 17 heavy (non-hydrogen) atoms. The summed E-state index contributed by atoms with van der Waals surface area (Å²) in [6, 6.07) is 3.46. The second kappa shape index (κ2) is 6.89. The lowest BCUT2D eigenvalue weighted by atomic mass is 9.97. The fourth-order valence-corrected chi connectivity index (χ4v) is 1.81. The number of aromatic nitrogens is 1. The van der Waals surface area contributed by atoms with Crippen LogP contribution in [0.25, 0.3) is 0 Å². The molecule has 94 valence electrons. The average molecular weight is 235 g/mol. The molecule has 1 heterocycles. The standard InChI is InChI=1S/C13H21N3O/c1-3-5-10(6-4-2)13(17)16-12-8-7-11(14)9-15-12/h7-10H,3-6,14H2,1-2H3,(H,15,16,17). The number of amides is 1. The molecule has 4 nitrogen and oxygen atoms in total. The maximum atomic E-state index is 12.0. The van der Waals surface area contributed by atoms with Crippen LogP contribution in [-0.2, 0) is 4.79 Å². The third-order valence-electron chi connectivity index (χ3n) is 2.68. The second-order valence-electron chi connectivity index (χ2n) is 4.24. The van der Waals surface area contributed by atoms with Crippen molar-refractivity contribution >= 4 is 17.4 Å². The van der Waals surface area contributed by atoms with E-state index in [4.69, 9.17) is 5.73 Å². The molecule has 0 radical (unpaired) electrons. The Hall–Kier alpha value is -1.58. The summed E-state index contributed by atoms with van der Waals surface area (Å²) < 4.78 is 0. The van der Waals surface area contributed by atoms with Gasteiger partial charge in [-0.25, -0.2) is 4.98 Å². The van der Waals surface area contributed by atoms with Gasteiger partial charge in [-0.3, -0.25) is 4.79 Å². The van der Waals surface area contributed by atoms with E-state index in [1.165, 1.54) is 0 Å². The summed E-state index contributed by atoms with van der Waals surface area (Å²) in [7, 11) is 0. The van der Waals surface area contributed by atoms with Crippen LogP contribution in [0.1, 0.15) is 39.5 Å². The van der Waals surface area contributed by atoms with Gasteiger partial charge in [0.1, 0.15) is 5.82 Å². The maximum absolute atomic E-state index is 12.0. The first-order chi connectivity index (χ1) is 8.17. The number of carbonyl (C=O) groups excluding carboxylic acids is 1. The van der Waals surface area contributed by atoms with Crippen molar-refractivity contribution in [2.45, 2.75) is 39.5 Å². The van der Waals surface area contributed by atoms with E-state index >= 15 is 0 Å². The number of hydrogen-bond acceptors (Lipinski definition) is 3. The largest absolute Gasteiger partial charge is 0.397 e. The van der Waals surface area contributed by atoms with E-state index in [2.05, 4.69) is 24.1 Å². The van der Waals surface area contributed by atoms with Crippen molar-refractivity contribution in [3.63, 3.8) is 0 Å². The zero-order valence-corrected chi connectivity index (χ0v) is 10.6. The molecule has 1 aromatic rings. The Balaban J connectivity index is 2.59. The van der Waals surface area contributed by atoms with Crippen LogP contribution in [0.5, 0.6) is 0 Å². The highest BCUT2D eigenvalue weighted by Crippen LogP contribution is 2.16. The highest BCUT2D eigenvalue weighted by molar-refractivity contribution is 5.91. The minimum absolute atomic E-state index is 0.0611. The van der Waals surface area contributed by atoms with Crippen molar-refractivity contribution in [3.05, 3.63) is 18.3 Å². The second-order valence-corrected chi connectivity index (χ2v) is 4.24. The van der Waals surface area contributed by atoms with Crippen molar-refractivity contribution in [1.29, 1.82) is 0 Å².